The van der Waals surface area contributed by atoms with Crippen molar-refractivity contribution >= 4 is 11.6 Å². The van der Waals surface area contributed by atoms with Crippen LogP contribution in [0.4, 0.5) is 11.6 Å². The molecule has 1 aliphatic rings. The van der Waals surface area contributed by atoms with Crippen LogP contribution in [0, 0.1) is 0 Å². The molecule has 2 heterocycles. The van der Waals surface area contributed by atoms with Crippen LogP contribution in [0.25, 0.3) is 11.4 Å². The lowest BCUT2D eigenvalue weighted by atomic mass is 10.1. The molecule has 0 atom stereocenters. The number of benzene rings is 2. The van der Waals surface area contributed by atoms with Crippen molar-refractivity contribution in [3.63, 3.8) is 0 Å². The van der Waals surface area contributed by atoms with E-state index in [9.17, 15) is 0 Å². The molecule has 29 heavy (non-hydrogen) atoms. The minimum atomic E-state index is 0.725. The maximum Gasteiger partial charge on any atom is 0.163 e. The molecule has 1 aromatic heterocycles. The Kier molecular flexibility index (Phi) is 6.22. The molecule has 0 unspecified atom stereocenters. The molecule has 150 valence electrons. The van der Waals surface area contributed by atoms with Crippen LogP contribution >= 0.6 is 0 Å². The van der Waals surface area contributed by atoms with Crippen LogP contribution in [0.1, 0.15) is 5.56 Å². The van der Waals surface area contributed by atoms with Gasteiger partial charge in [0.1, 0.15) is 17.4 Å². The summed E-state index contributed by atoms with van der Waals surface area (Å²) in [7, 11) is 1.69. The lowest BCUT2D eigenvalue weighted by Gasteiger charge is -2.28. The summed E-state index contributed by atoms with van der Waals surface area (Å²) in [5, 5.41) is 3.47. The first kappa shape index (κ1) is 19.2. The van der Waals surface area contributed by atoms with E-state index in [1.54, 1.807) is 7.11 Å². The number of anilines is 2. The Balaban J connectivity index is 1.53. The second-order valence-electron chi connectivity index (χ2n) is 6.93. The fraction of sp³-hybridized carbons (Fsp3) is 0.304. The van der Waals surface area contributed by atoms with Gasteiger partial charge in [0.15, 0.2) is 5.82 Å². The summed E-state index contributed by atoms with van der Waals surface area (Å²) in [6, 6.07) is 20.3. The zero-order valence-electron chi connectivity index (χ0n) is 16.7. The molecule has 0 bridgehead atoms. The smallest absolute Gasteiger partial charge is 0.163 e. The molecule has 3 aromatic rings. The SMILES string of the molecule is COc1cccc(CCNc2cc(N3CCOCC3)nc(-c3ccccc3)n2)c1. The van der Waals surface area contributed by atoms with Gasteiger partial charge in [-0.3, -0.25) is 0 Å². The van der Waals surface area contributed by atoms with Gasteiger partial charge in [0.25, 0.3) is 0 Å². The first-order chi connectivity index (χ1) is 14.3. The number of nitrogens with zero attached hydrogens (tertiary/aromatic N) is 3. The molecular formula is C23H26N4O2. The highest BCUT2D eigenvalue weighted by molar-refractivity contribution is 5.61. The summed E-state index contributed by atoms with van der Waals surface area (Å²) < 4.78 is 10.8. The number of hydrogen-bond acceptors (Lipinski definition) is 6. The molecule has 2 aromatic carbocycles. The lowest BCUT2D eigenvalue weighted by molar-refractivity contribution is 0.122. The molecule has 1 fully saturated rings. The van der Waals surface area contributed by atoms with E-state index in [0.717, 1.165) is 68.0 Å². The van der Waals surface area contributed by atoms with Crippen molar-refractivity contribution in [3.8, 4) is 17.1 Å². The fourth-order valence-electron chi connectivity index (χ4n) is 3.36. The lowest BCUT2D eigenvalue weighted by Crippen LogP contribution is -2.36. The first-order valence-corrected chi connectivity index (χ1v) is 9.96. The highest BCUT2D eigenvalue weighted by atomic mass is 16.5. The van der Waals surface area contributed by atoms with E-state index in [1.165, 1.54) is 5.56 Å². The maximum absolute atomic E-state index is 5.49. The Morgan fingerprint density at radius 1 is 1.00 bits per heavy atom. The highest BCUT2D eigenvalue weighted by Crippen LogP contribution is 2.23. The van der Waals surface area contributed by atoms with Gasteiger partial charge in [-0.15, -0.1) is 0 Å². The summed E-state index contributed by atoms with van der Waals surface area (Å²) >= 11 is 0. The molecule has 0 aliphatic carbocycles. The normalized spacial score (nSPS) is 13.9. The third-order valence-corrected chi connectivity index (χ3v) is 4.93. The number of methoxy groups -OCH3 is 1. The molecule has 6 nitrogen and oxygen atoms in total. The molecule has 1 saturated heterocycles. The number of rotatable bonds is 7. The second kappa shape index (κ2) is 9.39. The minimum absolute atomic E-state index is 0.725. The Hall–Kier alpha value is -3.12. The van der Waals surface area contributed by atoms with Crippen molar-refractivity contribution in [2.75, 3.05) is 50.2 Å². The van der Waals surface area contributed by atoms with Gasteiger partial charge in [0.05, 0.1) is 20.3 Å². The van der Waals surface area contributed by atoms with Crippen LogP contribution in [-0.4, -0.2) is 49.9 Å². The zero-order chi connectivity index (χ0) is 19.9. The largest absolute Gasteiger partial charge is 0.497 e. The van der Waals surface area contributed by atoms with Crippen LogP contribution in [-0.2, 0) is 11.2 Å². The molecule has 1 N–H and O–H groups in total. The van der Waals surface area contributed by atoms with Crippen molar-refractivity contribution in [2.45, 2.75) is 6.42 Å². The summed E-state index contributed by atoms with van der Waals surface area (Å²) in [6.07, 6.45) is 0.884. The van der Waals surface area contributed by atoms with E-state index in [2.05, 4.69) is 22.3 Å². The number of hydrogen-bond donors (Lipinski definition) is 1. The Labute approximate surface area is 171 Å². The van der Waals surface area contributed by atoms with Crippen LogP contribution in [0.5, 0.6) is 5.75 Å². The molecule has 4 rings (SSSR count). The average Bonchev–Trinajstić information content (AvgIpc) is 2.80. The molecular weight excluding hydrogens is 364 g/mol. The van der Waals surface area contributed by atoms with Crippen LogP contribution in [0.2, 0.25) is 0 Å². The standard InChI is InChI=1S/C23H26N4O2/c1-28-20-9-5-6-18(16-20)10-11-24-21-17-22(27-12-14-29-15-13-27)26-23(25-21)19-7-3-2-4-8-19/h2-9,16-17H,10-15H2,1H3,(H,24,25,26). The van der Waals surface area contributed by atoms with Gasteiger partial charge in [-0.2, -0.15) is 0 Å². The third kappa shape index (κ3) is 5.03. The van der Waals surface area contributed by atoms with Gasteiger partial charge >= 0.3 is 0 Å². The maximum atomic E-state index is 5.49. The summed E-state index contributed by atoms with van der Waals surface area (Å²) in [5.74, 6) is 3.39. The third-order valence-electron chi connectivity index (χ3n) is 4.93. The van der Waals surface area contributed by atoms with E-state index in [1.807, 2.05) is 48.5 Å². The van der Waals surface area contributed by atoms with E-state index >= 15 is 0 Å². The van der Waals surface area contributed by atoms with Gasteiger partial charge in [0, 0.05) is 31.3 Å². The van der Waals surface area contributed by atoms with Crippen molar-refractivity contribution in [1.82, 2.24) is 9.97 Å². The van der Waals surface area contributed by atoms with Crippen molar-refractivity contribution in [1.29, 1.82) is 0 Å². The average molecular weight is 390 g/mol. The quantitative estimate of drug-likeness (QED) is 0.665. The van der Waals surface area contributed by atoms with E-state index in [4.69, 9.17) is 19.4 Å². The van der Waals surface area contributed by atoms with Gasteiger partial charge in [-0.25, -0.2) is 9.97 Å². The van der Waals surface area contributed by atoms with Crippen LogP contribution < -0.4 is 15.0 Å². The molecule has 0 amide bonds. The molecule has 0 radical (unpaired) electrons. The number of morpholine rings is 1. The summed E-state index contributed by atoms with van der Waals surface area (Å²) in [4.78, 5) is 11.8. The predicted molar refractivity (Wildman–Crippen MR) is 116 cm³/mol. The molecule has 0 saturated carbocycles. The van der Waals surface area contributed by atoms with E-state index < -0.39 is 0 Å². The highest BCUT2D eigenvalue weighted by Gasteiger charge is 2.15. The van der Waals surface area contributed by atoms with Gasteiger partial charge in [-0.05, 0) is 24.1 Å². The van der Waals surface area contributed by atoms with E-state index in [0.29, 0.717) is 0 Å². The second-order valence-corrected chi connectivity index (χ2v) is 6.93. The Morgan fingerprint density at radius 2 is 1.83 bits per heavy atom. The van der Waals surface area contributed by atoms with E-state index in [-0.39, 0.29) is 0 Å². The Bertz CT molecular complexity index is 927. The summed E-state index contributed by atoms with van der Waals surface area (Å²) in [5.41, 5.74) is 2.24. The van der Waals surface area contributed by atoms with Crippen LogP contribution in [0.3, 0.4) is 0 Å². The number of ether oxygens (including phenoxy) is 2. The van der Waals surface area contributed by atoms with Crippen molar-refractivity contribution < 1.29 is 9.47 Å². The molecule has 6 heteroatoms. The monoisotopic (exact) mass is 390 g/mol. The van der Waals surface area contributed by atoms with Gasteiger partial charge in [0.2, 0.25) is 0 Å². The number of aromatic nitrogens is 2. The van der Waals surface area contributed by atoms with Gasteiger partial charge in [-0.1, -0.05) is 42.5 Å². The topological polar surface area (TPSA) is 59.5 Å². The Morgan fingerprint density at radius 3 is 2.62 bits per heavy atom. The van der Waals surface area contributed by atoms with Crippen LogP contribution in [0.15, 0.2) is 60.7 Å². The predicted octanol–water partition coefficient (Wildman–Crippen LogP) is 3.64. The zero-order valence-corrected chi connectivity index (χ0v) is 16.7. The fourth-order valence-corrected chi connectivity index (χ4v) is 3.36. The molecule has 1 aliphatic heterocycles. The first-order valence-electron chi connectivity index (χ1n) is 9.96. The van der Waals surface area contributed by atoms with Crippen molar-refractivity contribution in [3.05, 3.63) is 66.2 Å². The molecule has 0 spiro atoms. The minimum Gasteiger partial charge on any atom is -0.497 e. The summed E-state index contributed by atoms with van der Waals surface area (Å²) in [6.45, 7) is 3.91. The number of nitrogens with one attached hydrogen (secondary N) is 1. The van der Waals surface area contributed by atoms with Gasteiger partial charge < -0.3 is 19.7 Å². The van der Waals surface area contributed by atoms with Crippen molar-refractivity contribution in [2.24, 2.45) is 0 Å².